The van der Waals surface area contributed by atoms with Gasteiger partial charge in [0.15, 0.2) is 0 Å². The van der Waals surface area contributed by atoms with Gasteiger partial charge in [-0.25, -0.2) is 0 Å². The van der Waals surface area contributed by atoms with Crippen LogP contribution in [0.15, 0.2) is 0 Å². The first-order valence-electron chi connectivity index (χ1n) is 7.82. The number of hydrogen-bond acceptors (Lipinski definition) is 1. The molecule has 0 spiro atoms. The molecule has 106 valence electrons. The molecule has 1 saturated heterocycles. The van der Waals surface area contributed by atoms with E-state index in [1.54, 1.807) is 0 Å². The Morgan fingerprint density at radius 2 is 1.78 bits per heavy atom. The highest BCUT2D eigenvalue weighted by Gasteiger charge is 2.35. The summed E-state index contributed by atoms with van der Waals surface area (Å²) in [7, 11) is 0. The molecular formula is C16H30BrN. The average molecular weight is 316 g/mol. The van der Waals surface area contributed by atoms with E-state index in [-0.39, 0.29) is 0 Å². The van der Waals surface area contributed by atoms with Crippen LogP contribution in [-0.2, 0) is 0 Å². The Balaban J connectivity index is 1.94. The van der Waals surface area contributed by atoms with E-state index >= 15 is 0 Å². The zero-order valence-electron chi connectivity index (χ0n) is 12.4. The van der Waals surface area contributed by atoms with Crippen LogP contribution in [0.2, 0.25) is 0 Å². The number of likely N-dealkylation sites (tertiary alicyclic amines) is 1. The molecule has 0 bridgehead atoms. The zero-order chi connectivity index (χ0) is 13.2. The van der Waals surface area contributed by atoms with E-state index in [0.717, 1.165) is 23.2 Å². The molecule has 1 saturated carbocycles. The molecule has 0 radical (unpaired) electrons. The second kappa shape index (κ2) is 6.26. The maximum absolute atomic E-state index is 3.74. The normalized spacial score (nSPS) is 29.0. The van der Waals surface area contributed by atoms with Crippen LogP contribution >= 0.6 is 15.9 Å². The molecule has 0 amide bonds. The third kappa shape index (κ3) is 3.50. The van der Waals surface area contributed by atoms with Crippen LogP contribution in [0.25, 0.3) is 0 Å². The summed E-state index contributed by atoms with van der Waals surface area (Å²) >= 11 is 3.74. The van der Waals surface area contributed by atoms with Crippen LogP contribution in [0, 0.1) is 17.3 Å². The number of halogens is 1. The van der Waals surface area contributed by atoms with Crippen LogP contribution in [0.3, 0.4) is 0 Å². The number of nitrogens with zero attached hydrogens (tertiary/aromatic N) is 1. The standard InChI is InChI=1S/C16H30BrN/c1-16(2,3)14(11-17)12-18-10-6-9-15(18)13-7-4-5-8-13/h13-15H,4-12H2,1-3H3. The van der Waals surface area contributed by atoms with Crippen molar-refractivity contribution in [1.82, 2.24) is 4.90 Å². The average Bonchev–Trinajstić information content (AvgIpc) is 2.94. The lowest BCUT2D eigenvalue weighted by Crippen LogP contribution is -2.41. The highest BCUT2D eigenvalue weighted by Crippen LogP contribution is 2.37. The molecule has 2 rings (SSSR count). The zero-order valence-corrected chi connectivity index (χ0v) is 14.0. The van der Waals surface area contributed by atoms with Crippen molar-refractivity contribution in [1.29, 1.82) is 0 Å². The van der Waals surface area contributed by atoms with E-state index in [1.807, 2.05) is 0 Å². The Morgan fingerprint density at radius 3 is 2.33 bits per heavy atom. The summed E-state index contributed by atoms with van der Waals surface area (Å²) in [5.41, 5.74) is 0.423. The van der Waals surface area contributed by atoms with Gasteiger partial charge in [-0.3, -0.25) is 4.90 Å². The SMILES string of the molecule is CC(C)(C)C(CBr)CN1CCCC1C1CCCC1. The molecule has 2 fully saturated rings. The molecule has 0 N–H and O–H groups in total. The monoisotopic (exact) mass is 315 g/mol. The Labute approximate surface area is 122 Å². The Morgan fingerprint density at radius 1 is 1.11 bits per heavy atom. The molecular weight excluding hydrogens is 286 g/mol. The summed E-state index contributed by atoms with van der Waals surface area (Å²) in [6.45, 7) is 9.81. The van der Waals surface area contributed by atoms with E-state index in [2.05, 4.69) is 41.6 Å². The first-order chi connectivity index (χ1) is 8.52. The quantitative estimate of drug-likeness (QED) is 0.680. The van der Waals surface area contributed by atoms with Crippen molar-refractivity contribution in [2.75, 3.05) is 18.4 Å². The first-order valence-corrected chi connectivity index (χ1v) is 8.94. The van der Waals surface area contributed by atoms with Crippen LogP contribution in [0.4, 0.5) is 0 Å². The summed E-state index contributed by atoms with van der Waals surface area (Å²) in [4.78, 5) is 2.83. The molecule has 0 aromatic carbocycles. The van der Waals surface area contributed by atoms with Crippen LogP contribution in [0.1, 0.15) is 59.3 Å². The Kier molecular flexibility index (Phi) is 5.16. The third-order valence-electron chi connectivity index (χ3n) is 5.22. The van der Waals surface area contributed by atoms with Gasteiger partial charge in [-0.1, -0.05) is 49.5 Å². The van der Waals surface area contributed by atoms with Crippen LogP contribution in [0.5, 0.6) is 0 Å². The maximum atomic E-state index is 3.74. The summed E-state index contributed by atoms with van der Waals surface area (Å²) in [6, 6.07) is 0.913. The van der Waals surface area contributed by atoms with Crippen LogP contribution < -0.4 is 0 Å². The molecule has 2 aliphatic rings. The van der Waals surface area contributed by atoms with Gasteiger partial charge in [0.05, 0.1) is 0 Å². The van der Waals surface area contributed by atoms with Gasteiger partial charge in [0.1, 0.15) is 0 Å². The van der Waals surface area contributed by atoms with Gasteiger partial charge >= 0.3 is 0 Å². The topological polar surface area (TPSA) is 3.24 Å². The molecule has 1 nitrogen and oxygen atoms in total. The first kappa shape index (κ1) is 14.8. The number of rotatable bonds is 4. The van der Waals surface area contributed by atoms with Gasteiger partial charge in [-0.05, 0) is 49.5 Å². The molecule has 1 aliphatic carbocycles. The van der Waals surface area contributed by atoms with Crippen molar-refractivity contribution in [3.63, 3.8) is 0 Å². The van der Waals surface area contributed by atoms with Crippen LogP contribution in [-0.4, -0.2) is 29.4 Å². The predicted molar refractivity (Wildman–Crippen MR) is 83.3 cm³/mol. The highest BCUT2D eigenvalue weighted by atomic mass is 79.9. The molecule has 2 atom stereocenters. The predicted octanol–water partition coefficient (Wildman–Crippen LogP) is 4.70. The van der Waals surface area contributed by atoms with E-state index in [0.29, 0.717) is 5.41 Å². The van der Waals surface area contributed by atoms with Crippen molar-refractivity contribution in [2.24, 2.45) is 17.3 Å². The summed E-state index contributed by atoms with van der Waals surface area (Å²) in [5, 5.41) is 1.14. The minimum absolute atomic E-state index is 0.423. The lowest BCUT2D eigenvalue weighted by Gasteiger charge is -2.37. The summed E-state index contributed by atoms with van der Waals surface area (Å²) in [5.74, 6) is 1.79. The lowest BCUT2D eigenvalue weighted by atomic mass is 9.81. The molecule has 18 heavy (non-hydrogen) atoms. The highest BCUT2D eigenvalue weighted by molar-refractivity contribution is 9.09. The lowest BCUT2D eigenvalue weighted by molar-refractivity contribution is 0.127. The fraction of sp³-hybridized carbons (Fsp3) is 1.00. The summed E-state index contributed by atoms with van der Waals surface area (Å²) < 4.78 is 0. The third-order valence-corrected chi connectivity index (χ3v) is 6.01. The van der Waals surface area contributed by atoms with Gasteiger partial charge < -0.3 is 0 Å². The van der Waals surface area contributed by atoms with Crippen molar-refractivity contribution in [2.45, 2.75) is 65.3 Å². The fourth-order valence-corrected chi connectivity index (χ4v) is 4.97. The van der Waals surface area contributed by atoms with Crippen molar-refractivity contribution >= 4 is 15.9 Å². The smallest absolute Gasteiger partial charge is 0.0124 e. The maximum Gasteiger partial charge on any atom is 0.0124 e. The van der Waals surface area contributed by atoms with Crippen molar-refractivity contribution < 1.29 is 0 Å². The van der Waals surface area contributed by atoms with E-state index in [4.69, 9.17) is 0 Å². The second-order valence-electron chi connectivity index (χ2n) is 7.47. The van der Waals surface area contributed by atoms with Crippen molar-refractivity contribution in [3.8, 4) is 0 Å². The molecule has 1 aliphatic heterocycles. The minimum atomic E-state index is 0.423. The van der Waals surface area contributed by atoms with E-state index < -0.39 is 0 Å². The van der Waals surface area contributed by atoms with E-state index in [1.165, 1.54) is 51.6 Å². The Hall–Kier alpha value is 0.440. The van der Waals surface area contributed by atoms with Gasteiger partial charge in [0.2, 0.25) is 0 Å². The minimum Gasteiger partial charge on any atom is -0.300 e. The van der Waals surface area contributed by atoms with E-state index in [9.17, 15) is 0 Å². The largest absolute Gasteiger partial charge is 0.300 e. The molecule has 1 heterocycles. The molecule has 2 heteroatoms. The van der Waals surface area contributed by atoms with Crippen molar-refractivity contribution in [3.05, 3.63) is 0 Å². The number of hydrogen-bond donors (Lipinski definition) is 0. The molecule has 2 unspecified atom stereocenters. The molecule has 0 aromatic heterocycles. The number of alkyl halides is 1. The summed E-state index contributed by atoms with van der Waals surface area (Å²) in [6.07, 6.45) is 8.85. The van der Waals surface area contributed by atoms with Gasteiger partial charge in [0.25, 0.3) is 0 Å². The second-order valence-corrected chi connectivity index (χ2v) is 8.11. The Bertz CT molecular complexity index is 252. The fourth-order valence-electron chi connectivity index (χ4n) is 3.79. The van der Waals surface area contributed by atoms with Gasteiger partial charge in [-0.2, -0.15) is 0 Å². The van der Waals surface area contributed by atoms with Gasteiger partial charge in [0, 0.05) is 17.9 Å². The van der Waals surface area contributed by atoms with Gasteiger partial charge in [-0.15, -0.1) is 0 Å². The molecule has 0 aromatic rings.